The number of aromatic nitrogens is 1. The summed E-state index contributed by atoms with van der Waals surface area (Å²) in [7, 11) is 1.51. The van der Waals surface area contributed by atoms with Gasteiger partial charge in [0, 0.05) is 73.0 Å². The molecule has 56 heavy (non-hydrogen) atoms. The van der Waals surface area contributed by atoms with Crippen LogP contribution >= 0.6 is 0 Å². The summed E-state index contributed by atoms with van der Waals surface area (Å²) in [5.41, 5.74) is 3.38. The molecule has 0 unspecified atom stereocenters. The lowest BCUT2D eigenvalue weighted by Crippen LogP contribution is -2.62. The van der Waals surface area contributed by atoms with Gasteiger partial charge in [-0.1, -0.05) is 0 Å². The summed E-state index contributed by atoms with van der Waals surface area (Å²) < 4.78 is 54.7. The smallest absolute Gasteiger partial charge is 0.355 e. The lowest BCUT2D eigenvalue weighted by atomic mass is 9.98. The Morgan fingerprint density at radius 2 is 1.25 bits per heavy atom. The summed E-state index contributed by atoms with van der Waals surface area (Å²) in [4.78, 5) is 46.7. The van der Waals surface area contributed by atoms with Gasteiger partial charge in [0.2, 0.25) is 6.29 Å². The van der Waals surface area contributed by atoms with Crippen LogP contribution in [0.4, 0.5) is 11.4 Å². The number of nitrogens with one attached hydrogen (secondary N) is 1. The number of morpholine rings is 2. The van der Waals surface area contributed by atoms with Crippen LogP contribution in [0.3, 0.4) is 0 Å². The van der Waals surface area contributed by atoms with Crippen molar-refractivity contribution in [2.75, 3.05) is 69.5 Å². The maximum Gasteiger partial charge on any atom is 0.355 e. The van der Waals surface area contributed by atoms with Crippen LogP contribution in [0, 0.1) is 20.8 Å². The molecule has 3 aliphatic heterocycles. The third-order valence-electron chi connectivity index (χ3n) is 10.7. The zero-order valence-electron chi connectivity index (χ0n) is 32.0. The quantitative estimate of drug-likeness (QED) is 0.163. The van der Waals surface area contributed by atoms with Crippen LogP contribution in [-0.4, -0.2) is 101 Å². The summed E-state index contributed by atoms with van der Waals surface area (Å²) in [5, 5.41) is 1.49. The molecule has 5 aromatic rings. The first-order valence-electron chi connectivity index (χ1n) is 18.8. The first kappa shape index (κ1) is 37.6. The highest BCUT2D eigenvalue weighted by molar-refractivity contribution is 5.94. The number of rotatable bonds is 9. The zero-order chi connectivity index (χ0) is 39.1. The van der Waals surface area contributed by atoms with Crippen molar-refractivity contribution in [3.05, 3.63) is 91.9 Å². The topological polar surface area (TPSA) is 164 Å². The number of H-pyrrole nitrogens is 1. The van der Waals surface area contributed by atoms with Crippen molar-refractivity contribution in [2.45, 2.75) is 58.4 Å². The molecule has 3 fully saturated rings. The molecule has 1 N–H and O–H groups in total. The third kappa shape index (κ3) is 7.22. The van der Waals surface area contributed by atoms with Gasteiger partial charge in [0.15, 0.2) is 12.2 Å². The molecular weight excluding hydrogens is 726 g/mol. The van der Waals surface area contributed by atoms with Crippen LogP contribution < -0.4 is 30.5 Å². The standard InChI is InChI=1S/C41H45N3O12/c1-22-6-9-28(42-22)40(47)56-38-37(48-5)25(4)51-41(53-32-11-8-27-30(44-14-18-50-19-15-44)21-34(46)55-36(27)24(32)3)39(38)52-31-10-7-26-29(43-12-16-49-17-13-43)20-33(45)54-35(26)23(31)2/h6-11,20-21,25,37-39,41-42H,12-19H2,1-5H3/t25-,37-,38+,39+,41-/m1/s1. The van der Waals surface area contributed by atoms with Gasteiger partial charge < -0.3 is 56.8 Å². The lowest BCUT2D eigenvalue weighted by Gasteiger charge is -2.44. The molecule has 3 aliphatic rings. The van der Waals surface area contributed by atoms with Crippen LogP contribution in [0.15, 0.2) is 67.0 Å². The highest BCUT2D eigenvalue weighted by Gasteiger charge is 2.50. The molecule has 15 heteroatoms. The summed E-state index contributed by atoms with van der Waals surface area (Å²) in [6.07, 6.45) is -4.77. The lowest BCUT2D eigenvalue weighted by molar-refractivity contribution is -0.265. The molecule has 8 rings (SSSR count). The Kier molecular flexibility index (Phi) is 10.5. The highest BCUT2D eigenvalue weighted by atomic mass is 16.7. The minimum atomic E-state index is -1.17. The van der Waals surface area contributed by atoms with Gasteiger partial charge >= 0.3 is 17.2 Å². The van der Waals surface area contributed by atoms with E-state index in [0.717, 1.165) is 27.8 Å². The number of anilines is 2. The Balaban J connectivity index is 1.19. The second-order valence-electron chi connectivity index (χ2n) is 14.3. The van der Waals surface area contributed by atoms with Gasteiger partial charge in [0.1, 0.15) is 34.5 Å². The van der Waals surface area contributed by atoms with Crippen molar-refractivity contribution < 1.29 is 46.8 Å². The monoisotopic (exact) mass is 771 g/mol. The number of hydrogen-bond donors (Lipinski definition) is 1. The van der Waals surface area contributed by atoms with E-state index < -0.39 is 47.9 Å². The average molecular weight is 772 g/mol. The summed E-state index contributed by atoms with van der Waals surface area (Å²) in [6.45, 7) is 12.0. The van der Waals surface area contributed by atoms with Crippen molar-refractivity contribution in [1.82, 2.24) is 4.98 Å². The summed E-state index contributed by atoms with van der Waals surface area (Å²) >= 11 is 0. The van der Waals surface area contributed by atoms with Crippen LogP contribution in [0.1, 0.15) is 34.2 Å². The molecule has 2 aromatic carbocycles. The molecule has 0 amide bonds. The van der Waals surface area contributed by atoms with Gasteiger partial charge in [0.25, 0.3) is 0 Å². The van der Waals surface area contributed by atoms with Crippen molar-refractivity contribution in [1.29, 1.82) is 0 Å². The van der Waals surface area contributed by atoms with E-state index in [1.807, 2.05) is 19.1 Å². The average Bonchev–Trinajstić information content (AvgIpc) is 3.65. The van der Waals surface area contributed by atoms with E-state index in [4.69, 9.17) is 42.0 Å². The second-order valence-corrected chi connectivity index (χ2v) is 14.3. The number of aryl methyl sites for hydroxylation is 3. The molecule has 296 valence electrons. The largest absolute Gasteiger partial charge is 0.479 e. The Hall–Kier alpha value is -5.35. The maximum absolute atomic E-state index is 13.7. The molecule has 3 saturated heterocycles. The molecule has 15 nitrogen and oxygen atoms in total. The van der Waals surface area contributed by atoms with Gasteiger partial charge in [-0.2, -0.15) is 0 Å². The highest BCUT2D eigenvalue weighted by Crippen LogP contribution is 2.38. The van der Waals surface area contributed by atoms with Gasteiger partial charge in [0.05, 0.1) is 43.9 Å². The number of benzene rings is 2. The van der Waals surface area contributed by atoms with Crippen molar-refractivity contribution in [3.8, 4) is 11.5 Å². The minimum absolute atomic E-state index is 0.253. The SMILES string of the molecule is CO[C@H]1[C@H](OC(=O)c2ccc(C)[nH]2)[C@H](Oc2ccc3c(N4CCOCC4)cc(=O)oc3c2C)[C@@H](Oc2ccc3c(N4CCOCC4)cc(=O)oc3c2C)O[C@@H]1C. The first-order valence-corrected chi connectivity index (χ1v) is 18.8. The number of hydrogen-bond acceptors (Lipinski definition) is 14. The van der Waals surface area contributed by atoms with Gasteiger partial charge in [-0.3, -0.25) is 0 Å². The fourth-order valence-corrected chi connectivity index (χ4v) is 7.77. The molecule has 0 aliphatic carbocycles. The molecule has 0 saturated carbocycles. The Morgan fingerprint density at radius 1 is 0.714 bits per heavy atom. The number of esters is 1. The van der Waals surface area contributed by atoms with Gasteiger partial charge in [-0.05, 0) is 64.1 Å². The number of methoxy groups -OCH3 is 1. The zero-order valence-corrected chi connectivity index (χ0v) is 32.0. The van der Waals surface area contributed by atoms with Crippen molar-refractivity contribution in [2.24, 2.45) is 0 Å². The van der Waals surface area contributed by atoms with E-state index in [0.29, 0.717) is 86.4 Å². The Bertz CT molecular complexity index is 2360. The Labute approximate surface area is 321 Å². The van der Waals surface area contributed by atoms with E-state index in [1.54, 1.807) is 45.0 Å². The molecule has 0 spiro atoms. The van der Waals surface area contributed by atoms with Crippen LogP contribution in [0.5, 0.6) is 11.5 Å². The summed E-state index contributed by atoms with van der Waals surface area (Å²) in [6, 6.07) is 13.7. The fraction of sp³-hybridized carbons (Fsp3) is 0.439. The fourth-order valence-electron chi connectivity index (χ4n) is 7.77. The number of carbonyl (C=O) groups excluding carboxylic acids is 1. The van der Waals surface area contributed by atoms with E-state index in [-0.39, 0.29) is 5.69 Å². The number of carbonyl (C=O) groups is 1. The number of ether oxygens (including phenoxy) is 7. The maximum atomic E-state index is 13.7. The molecule has 0 radical (unpaired) electrons. The summed E-state index contributed by atoms with van der Waals surface area (Å²) in [5.74, 6) is 0.0877. The number of aromatic amines is 1. The van der Waals surface area contributed by atoms with Crippen LogP contribution in [0.25, 0.3) is 21.9 Å². The Morgan fingerprint density at radius 3 is 1.75 bits per heavy atom. The normalized spacial score (nSPS) is 23.1. The van der Waals surface area contributed by atoms with Crippen molar-refractivity contribution in [3.63, 3.8) is 0 Å². The number of nitrogens with zero attached hydrogens (tertiary/aromatic N) is 2. The second kappa shape index (κ2) is 15.7. The van der Waals surface area contributed by atoms with E-state index in [1.165, 1.54) is 19.2 Å². The van der Waals surface area contributed by atoms with E-state index in [2.05, 4.69) is 14.8 Å². The number of fused-ring (bicyclic) bond motifs is 2. The van der Waals surface area contributed by atoms with Gasteiger partial charge in [-0.15, -0.1) is 0 Å². The van der Waals surface area contributed by atoms with Crippen LogP contribution in [0.2, 0.25) is 0 Å². The van der Waals surface area contributed by atoms with E-state index >= 15 is 0 Å². The van der Waals surface area contributed by atoms with Crippen molar-refractivity contribution >= 4 is 39.3 Å². The van der Waals surface area contributed by atoms with Gasteiger partial charge in [-0.25, -0.2) is 14.4 Å². The molecular formula is C41H45N3O12. The molecule has 5 atom stereocenters. The molecule has 6 heterocycles. The van der Waals surface area contributed by atoms with Crippen LogP contribution in [-0.2, 0) is 23.7 Å². The predicted molar refractivity (Wildman–Crippen MR) is 205 cm³/mol. The first-order chi connectivity index (χ1) is 27.1. The molecule has 3 aromatic heterocycles. The predicted octanol–water partition coefficient (Wildman–Crippen LogP) is 4.64. The molecule has 0 bridgehead atoms. The van der Waals surface area contributed by atoms with E-state index in [9.17, 15) is 14.4 Å². The third-order valence-corrected chi connectivity index (χ3v) is 10.7. The minimum Gasteiger partial charge on any atom is -0.479 e.